The van der Waals surface area contributed by atoms with Crippen LogP contribution in [0, 0.1) is 5.82 Å². The van der Waals surface area contributed by atoms with Crippen LogP contribution in [-0.4, -0.2) is 24.6 Å². The average Bonchev–Trinajstić information content (AvgIpc) is 2.40. The zero-order valence-electron chi connectivity index (χ0n) is 10.7. The molecule has 100 valence electrons. The molecule has 0 aromatic heterocycles. The SMILES string of the molecule is NOCCc1ccc(CN2CCCCC2)c(F)c1. The van der Waals surface area contributed by atoms with Gasteiger partial charge in [0.05, 0.1) is 6.61 Å². The van der Waals surface area contributed by atoms with Crippen LogP contribution in [0.25, 0.3) is 0 Å². The van der Waals surface area contributed by atoms with Gasteiger partial charge in [0.25, 0.3) is 0 Å². The van der Waals surface area contributed by atoms with E-state index in [2.05, 4.69) is 9.74 Å². The van der Waals surface area contributed by atoms with Gasteiger partial charge in [-0.2, -0.15) is 0 Å². The summed E-state index contributed by atoms with van der Waals surface area (Å²) in [6, 6.07) is 5.44. The maximum Gasteiger partial charge on any atom is 0.127 e. The van der Waals surface area contributed by atoms with Crippen molar-refractivity contribution < 1.29 is 9.23 Å². The molecule has 0 aliphatic carbocycles. The first kappa shape index (κ1) is 13.5. The van der Waals surface area contributed by atoms with Gasteiger partial charge >= 0.3 is 0 Å². The topological polar surface area (TPSA) is 38.5 Å². The summed E-state index contributed by atoms with van der Waals surface area (Å²) >= 11 is 0. The summed E-state index contributed by atoms with van der Waals surface area (Å²) < 4.78 is 13.9. The second kappa shape index (κ2) is 6.83. The molecule has 1 aliphatic rings. The normalized spacial score (nSPS) is 17.0. The van der Waals surface area contributed by atoms with Crippen LogP contribution in [0.2, 0.25) is 0 Å². The number of rotatable bonds is 5. The lowest BCUT2D eigenvalue weighted by Crippen LogP contribution is -2.29. The van der Waals surface area contributed by atoms with Crippen LogP contribution in [0.5, 0.6) is 0 Å². The molecule has 0 atom stereocenters. The van der Waals surface area contributed by atoms with Crippen molar-refractivity contribution in [2.75, 3.05) is 19.7 Å². The first-order valence-electron chi connectivity index (χ1n) is 6.61. The predicted molar refractivity (Wildman–Crippen MR) is 69.4 cm³/mol. The Kier molecular flexibility index (Phi) is 5.11. The molecule has 2 rings (SSSR count). The second-order valence-electron chi connectivity index (χ2n) is 4.88. The standard InChI is InChI=1S/C14H21FN2O/c15-14-10-12(6-9-18-16)4-5-13(14)11-17-7-2-1-3-8-17/h4-5,10H,1-3,6-9,11,16H2. The molecular weight excluding hydrogens is 231 g/mol. The van der Waals surface area contributed by atoms with E-state index in [0.29, 0.717) is 13.0 Å². The second-order valence-corrected chi connectivity index (χ2v) is 4.88. The minimum atomic E-state index is -0.116. The van der Waals surface area contributed by atoms with Gasteiger partial charge in [0, 0.05) is 12.1 Å². The van der Waals surface area contributed by atoms with Gasteiger partial charge in [-0.05, 0) is 44.0 Å². The third-order valence-corrected chi connectivity index (χ3v) is 3.47. The Morgan fingerprint density at radius 1 is 1.22 bits per heavy atom. The molecule has 0 saturated carbocycles. The van der Waals surface area contributed by atoms with Crippen molar-refractivity contribution in [1.82, 2.24) is 4.90 Å². The fourth-order valence-electron chi connectivity index (χ4n) is 2.41. The van der Waals surface area contributed by atoms with Crippen LogP contribution >= 0.6 is 0 Å². The van der Waals surface area contributed by atoms with E-state index in [-0.39, 0.29) is 5.82 Å². The van der Waals surface area contributed by atoms with Crippen LogP contribution < -0.4 is 5.90 Å². The van der Waals surface area contributed by atoms with E-state index in [4.69, 9.17) is 5.90 Å². The van der Waals surface area contributed by atoms with E-state index in [1.54, 1.807) is 6.07 Å². The van der Waals surface area contributed by atoms with Crippen LogP contribution in [0.3, 0.4) is 0 Å². The number of nitrogens with zero attached hydrogens (tertiary/aromatic N) is 1. The number of piperidine rings is 1. The average molecular weight is 252 g/mol. The van der Waals surface area contributed by atoms with E-state index in [9.17, 15) is 4.39 Å². The lowest BCUT2D eigenvalue weighted by atomic mass is 10.1. The summed E-state index contributed by atoms with van der Waals surface area (Å²) in [5.41, 5.74) is 1.72. The molecule has 0 radical (unpaired) electrons. The highest BCUT2D eigenvalue weighted by Crippen LogP contribution is 2.16. The molecule has 1 aromatic carbocycles. The third-order valence-electron chi connectivity index (χ3n) is 3.47. The van der Waals surface area contributed by atoms with Crippen LogP contribution in [0.15, 0.2) is 18.2 Å². The van der Waals surface area contributed by atoms with Crippen molar-refractivity contribution >= 4 is 0 Å². The number of halogens is 1. The minimum absolute atomic E-state index is 0.116. The maximum absolute atomic E-state index is 13.9. The number of benzene rings is 1. The molecule has 1 saturated heterocycles. The summed E-state index contributed by atoms with van der Waals surface area (Å²) in [7, 11) is 0. The third kappa shape index (κ3) is 3.77. The van der Waals surface area contributed by atoms with Crippen molar-refractivity contribution in [3.05, 3.63) is 35.1 Å². The van der Waals surface area contributed by atoms with Crippen LogP contribution in [0.4, 0.5) is 4.39 Å². The van der Waals surface area contributed by atoms with Gasteiger partial charge in [0.2, 0.25) is 0 Å². The van der Waals surface area contributed by atoms with Crippen molar-refractivity contribution in [2.45, 2.75) is 32.2 Å². The van der Waals surface area contributed by atoms with Gasteiger partial charge in [-0.1, -0.05) is 18.6 Å². The summed E-state index contributed by atoms with van der Waals surface area (Å²) in [6.07, 6.45) is 4.41. The van der Waals surface area contributed by atoms with Gasteiger partial charge in [0.1, 0.15) is 5.82 Å². The summed E-state index contributed by atoms with van der Waals surface area (Å²) in [5.74, 6) is 4.85. The molecule has 1 fully saturated rings. The Hall–Kier alpha value is -0.970. The highest BCUT2D eigenvalue weighted by atomic mass is 19.1. The maximum atomic E-state index is 13.9. The Bertz CT molecular complexity index is 378. The largest absolute Gasteiger partial charge is 0.304 e. The Morgan fingerprint density at radius 3 is 2.67 bits per heavy atom. The number of nitrogens with two attached hydrogens (primary N) is 1. The van der Waals surface area contributed by atoms with Crippen molar-refractivity contribution in [3.8, 4) is 0 Å². The quantitative estimate of drug-likeness (QED) is 0.817. The van der Waals surface area contributed by atoms with Gasteiger partial charge in [-0.25, -0.2) is 10.3 Å². The minimum Gasteiger partial charge on any atom is -0.304 e. The molecule has 0 unspecified atom stereocenters. The first-order valence-corrected chi connectivity index (χ1v) is 6.61. The van der Waals surface area contributed by atoms with Crippen molar-refractivity contribution in [3.63, 3.8) is 0 Å². The molecule has 2 N–H and O–H groups in total. The molecule has 0 amide bonds. The molecule has 4 heteroatoms. The zero-order chi connectivity index (χ0) is 12.8. The molecular formula is C14H21FN2O. The van der Waals surface area contributed by atoms with Crippen LogP contribution in [0.1, 0.15) is 30.4 Å². The molecule has 1 aromatic rings. The van der Waals surface area contributed by atoms with Gasteiger partial charge in [-0.3, -0.25) is 4.90 Å². The van der Waals surface area contributed by atoms with E-state index in [1.165, 1.54) is 19.3 Å². The molecule has 1 aliphatic heterocycles. The number of hydrogen-bond acceptors (Lipinski definition) is 3. The fourth-order valence-corrected chi connectivity index (χ4v) is 2.41. The molecule has 0 spiro atoms. The first-order chi connectivity index (χ1) is 8.79. The predicted octanol–water partition coefficient (Wildman–Crippen LogP) is 2.24. The highest BCUT2D eigenvalue weighted by Gasteiger charge is 2.12. The lowest BCUT2D eigenvalue weighted by Gasteiger charge is -2.26. The highest BCUT2D eigenvalue weighted by molar-refractivity contribution is 5.24. The fraction of sp³-hybridized carbons (Fsp3) is 0.571. The zero-order valence-corrected chi connectivity index (χ0v) is 10.7. The van der Waals surface area contributed by atoms with E-state index < -0.39 is 0 Å². The number of hydrogen-bond donors (Lipinski definition) is 1. The van der Waals surface area contributed by atoms with E-state index in [1.807, 2.05) is 12.1 Å². The van der Waals surface area contributed by atoms with Gasteiger partial charge in [-0.15, -0.1) is 0 Å². The number of likely N-dealkylation sites (tertiary alicyclic amines) is 1. The van der Waals surface area contributed by atoms with Gasteiger partial charge in [0.15, 0.2) is 0 Å². The summed E-state index contributed by atoms with van der Waals surface area (Å²) in [4.78, 5) is 6.83. The Balaban J connectivity index is 1.95. The van der Waals surface area contributed by atoms with Crippen LogP contribution in [-0.2, 0) is 17.8 Å². The molecule has 18 heavy (non-hydrogen) atoms. The Morgan fingerprint density at radius 2 is 2.00 bits per heavy atom. The lowest BCUT2D eigenvalue weighted by molar-refractivity contribution is 0.141. The van der Waals surface area contributed by atoms with Gasteiger partial charge < -0.3 is 4.84 Å². The monoisotopic (exact) mass is 252 g/mol. The molecule has 1 heterocycles. The Labute approximate surface area is 108 Å². The molecule has 3 nitrogen and oxygen atoms in total. The van der Waals surface area contributed by atoms with E-state index >= 15 is 0 Å². The van der Waals surface area contributed by atoms with Crippen molar-refractivity contribution in [2.24, 2.45) is 5.90 Å². The molecule has 0 bridgehead atoms. The summed E-state index contributed by atoms with van der Waals surface area (Å²) in [6.45, 7) is 3.31. The van der Waals surface area contributed by atoms with E-state index in [0.717, 1.165) is 30.8 Å². The smallest absolute Gasteiger partial charge is 0.127 e. The summed E-state index contributed by atoms with van der Waals surface area (Å²) in [5, 5.41) is 0. The van der Waals surface area contributed by atoms with Crippen molar-refractivity contribution in [1.29, 1.82) is 0 Å².